The van der Waals surface area contributed by atoms with Gasteiger partial charge in [-0.1, -0.05) is 30.6 Å². The summed E-state index contributed by atoms with van der Waals surface area (Å²) in [6.45, 7) is 7.48. The monoisotopic (exact) mass is 264 g/mol. The summed E-state index contributed by atoms with van der Waals surface area (Å²) in [4.78, 5) is 2.53. The van der Waals surface area contributed by atoms with E-state index in [0.717, 1.165) is 32.1 Å². The largest absolute Gasteiger partial charge is 0.374 e. The zero-order valence-corrected chi connectivity index (χ0v) is 11.9. The van der Waals surface area contributed by atoms with Crippen LogP contribution in [-0.2, 0) is 4.74 Å². The van der Waals surface area contributed by atoms with Gasteiger partial charge in [0.2, 0.25) is 0 Å². The van der Waals surface area contributed by atoms with Crippen LogP contribution in [0.15, 0.2) is 0 Å². The molecule has 5 heteroatoms. The molecule has 0 aromatic heterocycles. The normalized spacial score (nSPS) is 22.5. The van der Waals surface area contributed by atoms with E-state index >= 15 is 0 Å². The third kappa shape index (κ3) is 6.35. The van der Waals surface area contributed by atoms with Gasteiger partial charge in [-0.15, -0.1) is 11.7 Å². The van der Waals surface area contributed by atoms with Gasteiger partial charge >= 0.3 is 0 Å². The molecule has 0 bridgehead atoms. The highest BCUT2D eigenvalue weighted by atomic mass is 33.1. The van der Waals surface area contributed by atoms with Crippen LogP contribution >= 0.6 is 22.5 Å². The molecule has 0 aromatic rings. The average molecular weight is 264 g/mol. The Morgan fingerprint density at radius 2 is 2.38 bits per heavy atom. The van der Waals surface area contributed by atoms with Crippen molar-refractivity contribution in [3.8, 4) is 0 Å². The Balaban J connectivity index is 2.09. The molecule has 0 amide bonds. The smallest absolute Gasteiger partial charge is 0.0827 e. The number of morpholine rings is 1. The zero-order valence-electron chi connectivity index (χ0n) is 10.2. The standard InChI is InChI=1S/C11H24N2OS2/c1-2-3-4-5-13-6-7-14-11(9-13)8-12-10-16-15/h11-12,15H,2-10H2,1H3/t11-/m1/s1. The van der Waals surface area contributed by atoms with E-state index in [4.69, 9.17) is 4.74 Å². The molecule has 1 N–H and O–H groups in total. The summed E-state index contributed by atoms with van der Waals surface area (Å²) in [6.07, 6.45) is 4.32. The molecule has 0 spiro atoms. The Morgan fingerprint density at radius 3 is 3.12 bits per heavy atom. The molecule has 0 radical (unpaired) electrons. The van der Waals surface area contributed by atoms with Crippen LogP contribution in [0.25, 0.3) is 0 Å². The molecule has 96 valence electrons. The van der Waals surface area contributed by atoms with E-state index in [2.05, 4.69) is 28.8 Å². The second-order valence-electron chi connectivity index (χ2n) is 4.23. The minimum atomic E-state index is 0.357. The molecule has 0 saturated carbocycles. The molecule has 1 fully saturated rings. The summed E-state index contributed by atoms with van der Waals surface area (Å²) in [5, 5.41) is 3.33. The minimum Gasteiger partial charge on any atom is -0.374 e. The Labute approximate surface area is 108 Å². The lowest BCUT2D eigenvalue weighted by atomic mass is 10.2. The zero-order chi connectivity index (χ0) is 11.6. The third-order valence-corrected chi connectivity index (χ3v) is 3.56. The number of nitrogens with one attached hydrogen (secondary N) is 1. The van der Waals surface area contributed by atoms with E-state index < -0.39 is 0 Å². The fourth-order valence-corrected chi connectivity index (χ4v) is 2.44. The summed E-state index contributed by atoms with van der Waals surface area (Å²) < 4.78 is 5.72. The van der Waals surface area contributed by atoms with Crippen molar-refractivity contribution in [2.75, 3.05) is 38.7 Å². The molecule has 1 saturated heterocycles. The number of thiol groups is 1. The molecule has 1 rings (SSSR count). The minimum absolute atomic E-state index is 0.357. The SMILES string of the molecule is CCCCCN1CCO[C@H](CNCSS)C1. The van der Waals surface area contributed by atoms with Crippen LogP contribution in [0.3, 0.4) is 0 Å². The predicted molar refractivity (Wildman–Crippen MR) is 75.2 cm³/mol. The van der Waals surface area contributed by atoms with Gasteiger partial charge in [-0.05, 0) is 13.0 Å². The summed E-state index contributed by atoms with van der Waals surface area (Å²) >= 11 is 4.10. The van der Waals surface area contributed by atoms with Crippen molar-refractivity contribution in [3.05, 3.63) is 0 Å². The number of unbranched alkanes of at least 4 members (excludes halogenated alkanes) is 2. The van der Waals surface area contributed by atoms with Crippen LogP contribution in [-0.4, -0.2) is 49.7 Å². The Hall–Kier alpha value is 0.580. The maximum absolute atomic E-state index is 5.72. The first-order valence-corrected chi connectivity index (χ1v) is 8.21. The van der Waals surface area contributed by atoms with Crippen molar-refractivity contribution in [1.29, 1.82) is 0 Å². The molecule has 0 unspecified atom stereocenters. The molecule has 16 heavy (non-hydrogen) atoms. The van der Waals surface area contributed by atoms with Gasteiger partial charge in [0.15, 0.2) is 0 Å². The quantitative estimate of drug-likeness (QED) is 0.303. The summed E-state index contributed by atoms with van der Waals surface area (Å²) in [6, 6.07) is 0. The molecule has 1 heterocycles. The highest BCUT2D eigenvalue weighted by Crippen LogP contribution is 2.07. The predicted octanol–water partition coefficient (Wildman–Crippen LogP) is 2.00. The van der Waals surface area contributed by atoms with Crippen LogP contribution in [0.4, 0.5) is 0 Å². The van der Waals surface area contributed by atoms with Gasteiger partial charge in [-0.3, -0.25) is 4.90 Å². The van der Waals surface area contributed by atoms with Crippen molar-refractivity contribution >= 4 is 22.5 Å². The third-order valence-electron chi connectivity index (χ3n) is 2.84. The van der Waals surface area contributed by atoms with Crippen molar-refractivity contribution < 1.29 is 4.74 Å². The Morgan fingerprint density at radius 1 is 1.50 bits per heavy atom. The first kappa shape index (κ1) is 14.6. The van der Waals surface area contributed by atoms with E-state index in [0.29, 0.717) is 6.10 Å². The lowest BCUT2D eigenvalue weighted by molar-refractivity contribution is -0.0267. The second kappa shape index (κ2) is 9.59. The topological polar surface area (TPSA) is 24.5 Å². The van der Waals surface area contributed by atoms with Crippen molar-refractivity contribution in [1.82, 2.24) is 10.2 Å². The van der Waals surface area contributed by atoms with Crippen LogP contribution in [0, 0.1) is 0 Å². The van der Waals surface area contributed by atoms with E-state index in [-0.39, 0.29) is 0 Å². The Kier molecular flexibility index (Phi) is 8.78. The van der Waals surface area contributed by atoms with Gasteiger partial charge < -0.3 is 10.1 Å². The number of hydrogen-bond acceptors (Lipinski definition) is 5. The lowest BCUT2D eigenvalue weighted by Crippen LogP contribution is -2.46. The number of hydrogen-bond donors (Lipinski definition) is 2. The Bertz CT molecular complexity index is 156. The number of rotatable bonds is 8. The van der Waals surface area contributed by atoms with E-state index in [9.17, 15) is 0 Å². The molecule has 3 nitrogen and oxygen atoms in total. The van der Waals surface area contributed by atoms with Crippen molar-refractivity contribution in [3.63, 3.8) is 0 Å². The van der Waals surface area contributed by atoms with E-state index in [1.807, 2.05) is 0 Å². The molecule has 0 aliphatic carbocycles. The highest BCUT2D eigenvalue weighted by Gasteiger charge is 2.19. The lowest BCUT2D eigenvalue weighted by Gasteiger charge is -2.33. The van der Waals surface area contributed by atoms with Gasteiger partial charge in [0.25, 0.3) is 0 Å². The molecule has 0 aromatic carbocycles. The fraction of sp³-hybridized carbons (Fsp3) is 1.00. The second-order valence-corrected chi connectivity index (χ2v) is 5.55. The average Bonchev–Trinajstić information content (AvgIpc) is 2.30. The molecule has 1 atom stereocenters. The molecule has 1 aliphatic heterocycles. The summed E-state index contributed by atoms with van der Waals surface area (Å²) in [5.41, 5.74) is 0. The van der Waals surface area contributed by atoms with Crippen LogP contribution in [0.5, 0.6) is 0 Å². The van der Waals surface area contributed by atoms with Crippen molar-refractivity contribution in [2.45, 2.75) is 32.3 Å². The van der Waals surface area contributed by atoms with Gasteiger partial charge in [0.05, 0.1) is 18.6 Å². The van der Waals surface area contributed by atoms with Gasteiger partial charge in [-0.25, -0.2) is 0 Å². The van der Waals surface area contributed by atoms with Gasteiger partial charge in [-0.2, -0.15) is 0 Å². The number of nitrogens with zero attached hydrogens (tertiary/aromatic N) is 1. The first-order valence-electron chi connectivity index (χ1n) is 6.18. The maximum Gasteiger partial charge on any atom is 0.0827 e. The van der Waals surface area contributed by atoms with E-state index in [1.54, 1.807) is 0 Å². The molecular formula is C11H24N2OS2. The first-order chi connectivity index (χ1) is 7.86. The van der Waals surface area contributed by atoms with E-state index in [1.165, 1.54) is 36.6 Å². The maximum atomic E-state index is 5.72. The van der Waals surface area contributed by atoms with Crippen LogP contribution in [0.2, 0.25) is 0 Å². The van der Waals surface area contributed by atoms with Crippen LogP contribution < -0.4 is 5.32 Å². The summed E-state index contributed by atoms with van der Waals surface area (Å²) in [7, 11) is 1.52. The summed E-state index contributed by atoms with van der Waals surface area (Å²) in [5.74, 6) is 0.888. The van der Waals surface area contributed by atoms with Gasteiger partial charge in [0.1, 0.15) is 0 Å². The van der Waals surface area contributed by atoms with Gasteiger partial charge in [0, 0.05) is 19.6 Å². The number of ether oxygens (including phenoxy) is 1. The fourth-order valence-electron chi connectivity index (χ4n) is 1.96. The van der Waals surface area contributed by atoms with Crippen LogP contribution in [0.1, 0.15) is 26.2 Å². The highest BCUT2D eigenvalue weighted by molar-refractivity contribution is 8.68. The molecule has 1 aliphatic rings. The van der Waals surface area contributed by atoms with Crippen molar-refractivity contribution in [2.24, 2.45) is 0 Å². The molecular weight excluding hydrogens is 240 g/mol.